The lowest BCUT2D eigenvalue weighted by Gasteiger charge is -2.08. The molecule has 0 atom stereocenters. The van der Waals surface area contributed by atoms with Gasteiger partial charge in [0.1, 0.15) is 12.0 Å². The van der Waals surface area contributed by atoms with Crippen LogP contribution < -0.4 is 0 Å². The van der Waals surface area contributed by atoms with Crippen molar-refractivity contribution in [2.75, 3.05) is 6.54 Å². The Morgan fingerprint density at radius 3 is 2.65 bits per heavy atom. The highest BCUT2D eigenvalue weighted by atomic mass is 16.2. The zero-order chi connectivity index (χ0) is 13.1. The Morgan fingerprint density at radius 2 is 2.12 bits per heavy atom. The predicted molar refractivity (Wildman–Crippen MR) is 73.9 cm³/mol. The SMILES string of the molecule is BN1CC(C=C)=C(/N=C\N=C\C(C)(C)C)C1=O. The van der Waals surface area contributed by atoms with Gasteiger partial charge in [-0.05, 0) is 5.41 Å². The summed E-state index contributed by atoms with van der Waals surface area (Å²) in [5, 5.41) is 0. The highest BCUT2D eigenvalue weighted by molar-refractivity contribution is 6.20. The number of hydrogen-bond donors (Lipinski definition) is 0. The number of aliphatic imine (C=N–C) groups is 2. The standard InChI is InChI=1S/C12H18BN3O/c1-5-9-6-16(13)11(17)10(9)15-8-14-7-12(2,3)4/h5,7-8H,1,6,13H2,2-4H3/b14-7+,15-8-. The van der Waals surface area contributed by atoms with Crippen molar-refractivity contribution in [3.05, 3.63) is 23.9 Å². The maximum Gasteiger partial charge on any atom is 0.260 e. The molecule has 4 nitrogen and oxygen atoms in total. The minimum absolute atomic E-state index is 0.0120. The summed E-state index contributed by atoms with van der Waals surface area (Å²) in [6, 6.07) is 0. The van der Waals surface area contributed by atoms with Gasteiger partial charge in [0.05, 0.1) is 0 Å². The van der Waals surface area contributed by atoms with Crippen molar-refractivity contribution < 1.29 is 4.79 Å². The molecule has 1 aliphatic rings. The first-order valence-electron chi connectivity index (χ1n) is 5.53. The van der Waals surface area contributed by atoms with Crippen molar-refractivity contribution in [1.82, 2.24) is 4.81 Å². The fraction of sp³-hybridized carbons (Fsp3) is 0.417. The summed E-state index contributed by atoms with van der Waals surface area (Å²) in [5.41, 5.74) is 1.30. The summed E-state index contributed by atoms with van der Waals surface area (Å²) < 4.78 is 0. The highest BCUT2D eigenvalue weighted by Crippen LogP contribution is 2.18. The van der Waals surface area contributed by atoms with Crippen LogP contribution in [-0.2, 0) is 4.79 Å². The van der Waals surface area contributed by atoms with Gasteiger partial charge in [0.2, 0.25) is 7.98 Å². The molecule has 0 saturated carbocycles. The molecule has 17 heavy (non-hydrogen) atoms. The summed E-state index contributed by atoms with van der Waals surface area (Å²) in [6.07, 6.45) is 4.89. The second kappa shape index (κ2) is 5.12. The van der Waals surface area contributed by atoms with Gasteiger partial charge in [0, 0.05) is 18.3 Å². The third-order valence-electron chi connectivity index (χ3n) is 2.22. The summed E-state index contributed by atoms with van der Waals surface area (Å²) in [4.78, 5) is 21.5. The molecule has 0 spiro atoms. The molecule has 0 radical (unpaired) electrons. The number of hydrogen-bond acceptors (Lipinski definition) is 2. The van der Waals surface area contributed by atoms with E-state index in [1.807, 2.05) is 20.8 Å². The first kappa shape index (κ1) is 13.4. The van der Waals surface area contributed by atoms with Gasteiger partial charge in [0.15, 0.2) is 0 Å². The van der Waals surface area contributed by atoms with Crippen molar-refractivity contribution in [3.63, 3.8) is 0 Å². The molecule has 0 unspecified atom stereocenters. The second-order valence-corrected chi connectivity index (χ2v) is 5.13. The summed E-state index contributed by atoms with van der Waals surface area (Å²) in [5.74, 6) is -0.0814. The molecule has 0 fully saturated rings. The Morgan fingerprint density at radius 1 is 1.47 bits per heavy atom. The van der Waals surface area contributed by atoms with E-state index in [-0.39, 0.29) is 11.3 Å². The molecule has 0 bridgehead atoms. The first-order valence-corrected chi connectivity index (χ1v) is 5.53. The van der Waals surface area contributed by atoms with E-state index in [4.69, 9.17) is 0 Å². The summed E-state index contributed by atoms with van der Waals surface area (Å²) >= 11 is 0. The molecule has 0 aliphatic carbocycles. The van der Waals surface area contributed by atoms with E-state index >= 15 is 0 Å². The highest BCUT2D eigenvalue weighted by Gasteiger charge is 2.24. The van der Waals surface area contributed by atoms with E-state index < -0.39 is 0 Å². The van der Waals surface area contributed by atoms with E-state index in [1.54, 1.807) is 25.1 Å². The molecular weight excluding hydrogens is 213 g/mol. The minimum atomic E-state index is -0.0814. The van der Waals surface area contributed by atoms with Crippen LogP contribution in [0, 0.1) is 5.41 Å². The molecular formula is C12H18BN3O. The Hall–Kier alpha value is -1.65. The quantitative estimate of drug-likeness (QED) is 0.405. The Bertz CT molecular complexity index is 416. The maximum absolute atomic E-state index is 11.7. The molecule has 0 aromatic rings. The molecule has 1 heterocycles. The van der Waals surface area contributed by atoms with E-state index in [0.717, 1.165) is 5.57 Å². The lowest BCUT2D eigenvalue weighted by molar-refractivity contribution is -0.121. The van der Waals surface area contributed by atoms with Crippen molar-refractivity contribution in [2.24, 2.45) is 15.4 Å². The van der Waals surface area contributed by atoms with Crippen molar-refractivity contribution >= 4 is 26.4 Å². The largest absolute Gasteiger partial charge is 0.384 e. The van der Waals surface area contributed by atoms with Crippen molar-refractivity contribution in [2.45, 2.75) is 20.8 Å². The number of rotatable bonds is 3. The first-order chi connectivity index (χ1) is 7.85. The predicted octanol–water partition coefficient (Wildman–Crippen LogP) is 0.962. The second-order valence-electron chi connectivity index (χ2n) is 5.13. The van der Waals surface area contributed by atoms with E-state index in [0.29, 0.717) is 12.2 Å². The van der Waals surface area contributed by atoms with Crippen LogP contribution >= 0.6 is 0 Å². The van der Waals surface area contributed by atoms with Gasteiger partial charge >= 0.3 is 0 Å². The molecule has 0 saturated heterocycles. The van der Waals surface area contributed by atoms with Crippen LogP contribution in [0.5, 0.6) is 0 Å². The van der Waals surface area contributed by atoms with Gasteiger partial charge in [0.25, 0.3) is 5.91 Å². The zero-order valence-electron chi connectivity index (χ0n) is 10.9. The zero-order valence-corrected chi connectivity index (χ0v) is 10.9. The van der Waals surface area contributed by atoms with Gasteiger partial charge in [-0.15, -0.1) is 0 Å². The van der Waals surface area contributed by atoms with Crippen molar-refractivity contribution in [3.8, 4) is 0 Å². The van der Waals surface area contributed by atoms with Crippen LogP contribution in [0.2, 0.25) is 0 Å². The average molecular weight is 231 g/mol. The lowest BCUT2D eigenvalue weighted by atomic mass is 9.99. The normalized spacial score (nSPS) is 17.8. The average Bonchev–Trinajstić information content (AvgIpc) is 2.49. The van der Waals surface area contributed by atoms with Crippen LogP contribution in [0.25, 0.3) is 0 Å². The number of carbonyl (C=O) groups is 1. The molecule has 1 aliphatic heterocycles. The van der Waals surface area contributed by atoms with Gasteiger partial charge < -0.3 is 4.81 Å². The smallest absolute Gasteiger partial charge is 0.260 e. The fourth-order valence-corrected chi connectivity index (χ4v) is 1.37. The summed E-state index contributed by atoms with van der Waals surface area (Å²) in [6.45, 7) is 10.4. The van der Waals surface area contributed by atoms with Crippen LogP contribution in [0.4, 0.5) is 0 Å². The maximum atomic E-state index is 11.7. The minimum Gasteiger partial charge on any atom is -0.384 e. The van der Waals surface area contributed by atoms with Crippen LogP contribution in [0.1, 0.15) is 20.8 Å². The fourth-order valence-electron chi connectivity index (χ4n) is 1.37. The van der Waals surface area contributed by atoms with Gasteiger partial charge in [-0.1, -0.05) is 33.4 Å². The van der Waals surface area contributed by atoms with Gasteiger partial charge in [-0.25, -0.2) is 9.98 Å². The number of carbonyl (C=O) groups excluding carboxylic acids is 1. The molecule has 5 heteroatoms. The topological polar surface area (TPSA) is 45.0 Å². The van der Waals surface area contributed by atoms with Crippen LogP contribution in [-0.4, -0.2) is 37.8 Å². The van der Waals surface area contributed by atoms with Gasteiger partial charge in [-0.3, -0.25) is 4.79 Å². The Balaban J connectivity index is 2.80. The third kappa shape index (κ3) is 3.69. The molecule has 0 aromatic heterocycles. The van der Waals surface area contributed by atoms with E-state index in [1.165, 1.54) is 6.34 Å². The third-order valence-corrected chi connectivity index (χ3v) is 2.22. The molecule has 90 valence electrons. The van der Waals surface area contributed by atoms with Crippen LogP contribution in [0.15, 0.2) is 33.9 Å². The summed E-state index contributed by atoms with van der Waals surface area (Å²) in [7, 11) is 1.74. The van der Waals surface area contributed by atoms with E-state index in [9.17, 15) is 4.79 Å². The van der Waals surface area contributed by atoms with Gasteiger partial charge in [-0.2, -0.15) is 0 Å². The molecule has 0 aromatic carbocycles. The monoisotopic (exact) mass is 231 g/mol. The van der Waals surface area contributed by atoms with E-state index in [2.05, 4.69) is 16.6 Å². The van der Waals surface area contributed by atoms with Crippen molar-refractivity contribution in [1.29, 1.82) is 0 Å². The molecule has 1 rings (SSSR count). The number of amides is 1. The van der Waals surface area contributed by atoms with Crippen LogP contribution in [0.3, 0.4) is 0 Å². The molecule has 0 N–H and O–H groups in total. The Labute approximate surface area is 103 Å². The Kier molecular flexibility index (Phi) is 4.04. The lowest BCUT2D eigenvalue weighted by Crippen LogP contribution is -2.23. The number of nitrogens with zero attached hydrogens (tertiary/aromatic N) is 3. The molecule has 1 amide bonds.